The number of alkyl halides is 1. The fourth-order valence-electron chi connectivity index (χ4n) is 4.02. The SMILES string of the molecule is CC(Cc1ccc(C(C)(C)CCl)cc1)CN1CC(C)CC(C)C1.Cl. The summed E-state index contributed by atoms with van der Waals surface area (Å²) >= 11 is 6.08. The molecule has 3 heteroatoms. The molecule has 1 saturated heterocycles. The first-order chi connectivity index (χ1) is 10.8. The lowest BCUT2D eigenvalue weighted by Gasteiger charge is -2.36. The lowest BCUT2D eigenvalue weighted by Crippen LogP contribution is -2.41. The van der Waals surface area contributed by atoms with E-state index in [0.29, 0.717) is 11.8 Å². The van der Waals surface area contributed by atoms with E-state index in [1.54, 1.807) is 0 Å². The summed E-state index contributed by atoms with van der Waals surface area (Å²) in [6.45, 7) is 15.4. The molecule has 1 fully saturated rings. The standard InChI is InChI=1S/C21H34ClN.ClH/c1-16-10-17(2)13-23(12-16)14-18(3)11-19-6-8-20(9-7-19)21(4,5)15-22;/h6-9,16-18H,10-15H2,1-5H3;1H. The number of nitrogens with zero attached hydrogens (tertiary/aromatic N) is 1. The summed E-state index contributed by atoms with van der Waals surface area (Å²) in [6, 6.07) is 9.11. The van der Waals surface area contributed by atoms with Gasteiger partial charge in [-0.1, -0.05) is 58.9 Å². The summed E-state index contributed by atoms with van der Waals surface area (Å²) in [6.07, 6.45) is 2.56. The second-order valence-electron chi connectivity index (χ2n) is 8.69. The lowest BCUT2D eigenvalue weighted by atomic mass is 9.85. The minimum absolute atomic E-state index is 0. The highest BCUT2D eigenvalue weighted by atomic mass is 35.5. The average molecular weight is 372 g/mol. The maximum atomic E-state index is 6.08. The Hall–Kier alpha value is -0.240. The topological polar surface area (TPSA) is 3.24 Å². The number of benzene rings is 1. The second kappa shape index (κ2) is 9.46. The molecule has 2 rings (SSSR count). The maximum Gasteiger partial charge on any atom is 0.0315 e. The van der Waals surface area contributed by atoms with Crippen molar-refractivity contribution in [3.63, 3.8) is 0 Å². The third-order valence-electron chi connectivity index (χ3n) is 5.17. The zero-order valence-electron chi connectivity index (χ0n) is 16.0. The zero-order chi connectivity index (χ0) is 17.0. The van der Waals surface area contributed by atoms with Crippen LogP contribution < -0.4 is 0 Å². The number of halogens is 2. The molecule has 0 bridgehead atoms. The first-order valence-corrected chi connectivity index (χ1v) is 9.71. The zero-order valence-corrected chi connectivity index (χ0v) is 17.6. The van der Waals surface area contributed by atoms with Crippen LogP contribution >= 0.6 is 24.0 Å². The van der Waals surface area contributed by atoms with Crippen LogP contribution in [-0.4, -0.2) is 30.4 Å². The van der Waals surface area contributed by atoms with Crippen molar-refractivity contribution in [1.29, 1.82) is 0 Å². The Balaban J connectivity index is 0.00000288. The molecule has 138 valence electrons. The molecule has 24 heavy (non-hydrogen) atoms. The number of hydrogen-bond acceptors (Lipinski definition) is 1. The molecule has 1 aromatic rings. The van der Waals surface area contributed by atoms with E-state index in [1.807, 2.05) is 0 Å². The van der Waals surface area contributed by atoms with Gasteiger partial charge in [-0.2, -0.15) is 0 Å². The van der Waals surface area contributed by atoms with Gasteiger partial charge in [-0.05, 0) is 41.7 Å². The highest BCUT2D eigenvalue weighted by molar-refractivity contribution is 6.18. The Morgan fingerprint density at radius 3 is 2.17 bits per heavy atom. The normalized spacial score (nSPS) is 23.6. The van der Waals surface area contributed by atoms with Crippen molar-refractivity contribution in [3.05, 3.63) is 35.4 Å². The molecule has 1 aromatic carbocycles. The molecule has 3 atom stereocenters. The molecule has 0 amide bonds. The largest absolute Gasteiger partial charge is 0.303 e. The lowest BCUT2D eigenvalue weighted by molar-refractivity contribution is 0.125. The van der Waals surface area contributed by atoms with E-state index in [1.165, 1.54) is 43.6 Å². The summed E-state index contributed by atoms with van der Waals surface area (Å²) in [5, 5.41) is 0. The molecule has 0 aromatic heterocycles. The number of hydrogen-bond donors (Lipinski definition) is 0. The van der Waals surface area contributed by atoms with Crippen molar-refractivity contribution < 1.29 is 0 Å². The van der Waals surface area contributed by atoms with E-state index < -0.39 is 0 Å². The van der Waals surface area contributed by atoms with E-state index in [0.717, 1.165) is 11.8 Å². The van der Waals surface area contributed by atoms with Gasteiger partial charge in [0.15, 0.2) is 0 Å². The Morgan fingerprint density at radius 2 is 1.67 bits per heavy atom. The van der Waals surface area contributed by atoms with Crippen molar-refractivity contribution in [3.8, 4) is 0 Å². The molecular formula is C21H35Cl2N. The molecular weight excluding hydrogens is 337 g/mol. The Bertz CT molecular complexity index is 473. The second-order valence-corrected chi connectivity index (χ2v) is 8.96. The van der Waals surface area contributed by atoms with Gasteiger partial charge >= 0.3 is 0 Å². The van der Waals surface area contributed by atoms with Crippen molar-refractivity contribution in [1.82, 2.24) is 4.90 Å². The van der Waals surface area contributed by atoms with Crippen LogP contribution in [0.2, 0.25) is 0 Å². The molecule has 1 aliphatic rings. The summed E-state index contributed by atoms with van der Waals surface area (Å²) in [4.78, 5) is 2.68. The minimum atomic E-state index is 0. The summed E-state index contributed by atoms with van der Waals surface area (Å²) in [5.41, 5.74) is 2.85. The highest BCUT2D eigenvalue weighted by Gasteiger charge is 2.23. The molecule has 0 spiro atoms. The van der Waals surface area contributed by atoms with Gasteiger partial charge in [-0.25, -0.2) is 0 Å². The predicted molar refractivity (Wildman–Crippen MR) is 110 cm³/mol. The fraction of sp³-hybridized carbons (Fsp3) is 0.714. The van der Waals surface area contributed by atoms with Gasteiger partial charge in [0.1, 0.15) is 0 Å². The Labute approximate surface area is 160 Å². The van der Waals surface area contributed by atoms with E-state index in [2.05, 4.69) is 63.8 Å². The number of likely N-dealkylation sites (tertiary alicyclic amines) is 1. The van der Waals surface area contributed by atoms with E-state index in [-0.39, 0.29) is 17.8 Å². The first kappa shape index (κ1) is 21.8. The van der Waals surface area contributed by atoms with Gasteiger partial charge in [0.2, 0.25) is 0 Å². The number of piperidine rings is 1. The molecule has 3 unspecified atom stereocenters. The van der Waals surface area contributed by atoms with E-state index in [9.17, 15) is 0 Å². The molecule has 1 aliphatic heterocycles. The Morgan fingerprint density at radius 1 is 1.12 bits per heavy atom. The van der Waals surface area contributed by atoms with Crippen LogP contribution in [0.25, 0.3) is 0 Å². The molecule has 1 heterocycles. The third kappa shape index (κ3) is 6.24. The van der Waals surface area contributed by atoms with Crippen molar-refractivity contribution in [2.45, 2.75) is 52.9 Å². The molecule has 0 saturated carbocycles. The summed E-state index contributed by atoms with van der Waals surface area (Å²) in [5.74, 6) is 3.07. The smallest absolute Gasteiger partial charge is 0.0315 e. The van der Waals surface area contributed by atoms with Crippen molar-refractivity contribution in [2.75, 3.05) is 25.5 Å². The van der Waals surface area contributed by atoms with Gasteiger partial charge in [0, 0.05) is 30.9 Å². The monoisotopic (exact) mass is 371 g/mol. The number of rotatable bonds is 6. The van der Waals surface area contributed by atoms with Crippen LogP contribution in [0.4, 0.5) is 0 Å². The van der Waals surface area contributed by atoms with Crippen molar-refractivity contribution in [2.24, 2.45) is 17.8 Å². The van der Waals surface area contributed by atoms with Gasteiger partial charge in [0.25, 0.3) is 0 Å². The summed E-state index contributed by atoms with van der Waals surface area (Å²) < 4.78 is 0. The maximum absolute atomic E-state index is 6.08. The van der Waals surface area contributed by atoms with Gasteiger partial charge in [-0.15, -0.1) is 24.0 Å². The average Bonchev–Trinajstić information content (AvgIpc) is 2.46. The Kier molecular flexibility index (Phi) is 8.59. The fourth-order valence-corrected chi connectivity index (χ4v) is 4.17. The quantitative estimate of drug-likeness (QED) is 0.572. The van der Waals surface area contributed by atoms with Crippen LogP contribution in [0.15, 0.2) is 24.3 Å². The van der Waals surface area contributed by atoms with Crippen LogP contribution in [0.1, 0.15) is 52.2 Å². The first-order valence-electron chi connectivity index (χ1n) is 9.18. The molecule has 0 aliphatic carbocycles. The summed E-state index contributed by atoms with van der Waals surface area (Å²) in [7, 11) is 0. The van der Waals surface area contributed by atoms with Crippen LogP contribution in [0.5, 0.6) is 0 Å². The van der Waals surface area contributed by atoms with Gasteiger partial charge in [0.05, 0.1) is 0 Å². The highest BCUT2D eigenvalue weighted by Crippen LogP contribution is 2.26. The van der Waals surface area contributed by atoms with Crippen molar-refractivity contribution >= 4 is 24.0 Å². The minimum Gasteiger partial charge on any atom is -0.303 e. The van der Waals surface area contributed by atoms with E-state index in [4.69, 9.17) is 11.6 Å². The third-order valence-corrected chi connectivity index (χ3v) is 5.84. The van der Waals surface area contributed by atoms with Crippen LogP contribution in [0, 0.1) is 17.8 Å². The van der Waals surface area contributed by atoms with Gasteiger partial charge < -0.3 is 4.90 Å². The molecule has 0 radical (unpaired) electrons. The van der Waals surface area contributed by atoms with Crippen LogP contribution in [-0.2, 0) is 11.8 Å². The molecule has 0 N–H and O–H groups in total. The van der Waals surface area contributed by atoms with E-state index >= 15 is 0 Å². The predicted octanol–water partition coefficient (Wildman–Crippen LogP) is 5.78. The van der Waals surface area contributed by atoms with Gasteiger partial charge in [-0.3, -0.25) is 0 Å². The van der Waals surface area contributed by atoms with Crippen LogP contribution in [0.3, 0.4) is 0 Å². The molecule has 1 nitrogen and oxygen atoms in total.